The van der Waals surface area contributed by atoms with Gasteiger partial charge in [0.15, 0.2) is 5.43 Å². The van der Waals surface area contributed by atoms with Crippen molar-refractivity contribution < 1.29 is 4.74 Å². The molecule has 0 fully saturated rings. The van der Waals surface area contributed by atoms with Crippen LogP contribution >= 0.6 is 23.2 Å². The second-order valence-electron chi connectivity index (χ2n) is 3.40. The van der Waals surface area contributed by atoms with Gasteiger partial charge in [-0.25, -0.2) is 0 Å². The predicted molar refractivity (Wildman–Crippen MR) is 65.3 cm³/mol. The maximum atomic E-state index is 11.8. The fourth-order valence-corrected chi connectivity index (χ4v) is 2.10. The number of pyridine rings is 1. The van der Waals surface area contributed by atoms with Gasteiger partial charge in [-0.15, -0.1) is 0 Å². The molecule has 2 aromatic rings. The predicted octanol–water partition coefficient (Wildman–Crippen LogP) is 2.98. The zero-order valence-electron chi connectivity index (χ0n) is 8.51. The van der Waals surface area contributed by atoms with Crippen molar-refractivity contribution in [2.24, 2.45) is 0 Å². The molecule has 16 heavy (non-hydrogen) atoms. The molecular formula is C11H9Cl2NO2. The van der Waals surface area contributed by atoms with Crippen molar-refractivity contribution in [1.82, 2.24) is 4.98 Å². The van der Waals surface area contributed by atoms with Crippen LogP contribution in [0, 0.1) is 0 Å². The summed E-state index contributed by atoms with van der Waals surface area (Å²) < 4.78 is 4.96. The van der Waals surface area contributed by atoms with Crippen molar-refractivity contribution in [1.29, 1.82) is 0 Å². The van der Waals surface area contributed by atoms with Crippen LogP contribution in [0.1, 0.15) is 5.69 Å². The molecule has 1 aromatic carbocycles. The molecule has 1 N–H and O–H groups in total. The Bertz CT molecular complexity index is 592. The van der Waals surface area contributed by atoms with Gasteiger partial charge in [-0.05, 0) is 12.1 Å². The molecule has 5 heteroatoms. The van der Waals surface area contributed by atoms with Crippen molar-refractivity contribution >= 4 is 34.1 Å². The highest BCUT2D eigenvalue weighted by Crippen LogP contribution is 2.24. The van der Waals surface area contributed by atoms with Crippen LogP contribution in [0.2, 0.25) is 10.0 Å². The molecule has 0 aliphatic carbocycles. The lowest BCUT2D eigenvalue weighted by Crippen LogP contribution is -2.06. The van der Waals surface area contributed by atoms with Gasteiger partial charge in [0.25, 0.3) is 0 Å². The molecule has 1 aromatic heterocycles. The Morgan fingerprint density at radius 1 is 1.31 bits per heavy atom. The number of methoxy groups -OCH3 is 1. The standard InChI is InChI=1S/C11H9Cl2NO2/c1-16-5-7-4-10(15)8-2-6(12)3-9(13)11(8)14-7/h2-4H,5H2,1H3,(H,14,15). The van der Waals surface area contributed by atoms with E-state index < -0.39 is 0 Å². The highest BCUT2D eigenvalue weighted by Gasteiger charge is 2.07. The zero-order valence-corrected chi connectivity index (χ0v) is 10.0. The molecule has 0 aliphatic heterocycles. The molecule has 0 radical (unpaired) electrons. The van der Waals surface area contributed by atoms with Crippen LogP contribution in [0.3, 0.4) is 0 Å². The summed E-state index contributed by atoms with van der Waals surface area (Å²) in [7, 11) is 1.56. The van der Waals surface area contributed by atoms with Crippen molar-refractivity contribution in [3.05, 3.63) is 44.2 Å². The third kappa shape index (κ3) is 2.07. The van der Waals surface area contributed by atoms with Gasteiger partial charge in [0.1, 0.15) is 0 Å². The minimum absolute atomic E-state index is 0.120. The van der Waals surface area contributed by atoms with Crippen molar-refractivity contribution in [2.45, 2.75) is 6.61 Å². The number of benzene rings is 1. The number of fused-ring (bicyclic) bond motifs is 1. The number of hydrogen-bond acceptors (Lipinski definition) is 2. The third-order valence-corrected chi connectivity index (χ3v) is 2.73. The summed E-state index contributed by atoms with van der Waals surface area (Å²) in [5, 5.41) is 1.36. The van der Waals surface area contributed by atoms with Gasteiger partial charge in [0.05, 0.1) is 17.1 Å². The summed E-state index contributed by atoms with van der Waals surface area (Å²) in [6.07, 6.45) is 0. The lowest BCUT2D eigenvalue weighted by atomic mass is 10.2. The number of nitrogens with one attached hydrogen (secondary N) is 1. The van der Waals surface area contributed by atoms with Crippen molar-refractivity contribution in [2.75, 3.05) is 7.11 Å². The molecule has 0 amide bonds. The maximum Gasteiger partial charge on any atom is 0.189 e. The summed E-state index contributed by atoms with van der Waals surface area (Å²) >= 11 is 11.8. The number of ether oxygens (including phenoxy) is 1. The van der Waals surface area contributed by atoms with Crippen molar-refractivity contribution in [3.63, 3.8) is 0 Å². The summed E-state index contributed by atoms with van der Waals surface area (Å²) in [6.45, 7) is 0.337. The van der Waals surface area contributed by atoms with E-state index in [1.807, 2.05) is 0 Å². The van der Waals surface area contributed by atoms with Gasteiger partial charge < -0.3 is 9.72 Å². The van der Waals surface area contributed by atoms with Crippen LogP contribution in [0.4, 0.5) is 0 Å². The lowest BCUT2D eigenvalue weighted by Gasteiger charge is -2.05. The van der Waals surface area contributed by atoms with Gasteiger partial charge >= 0.3 is 0 Å². The van der Waals surface area contributed by atoms with Gasteiger partial charge in [-0.3, -0.25) is 4.79 Å². The van der Waals surface area contributed by atoms with E-state index in [-0.39, 0.29) is 5.43 Å². The molecular weight excluding hydrogens is 249 g/mol. The summed E-state index contributed by atoms with van der Waals surface area (Å²) in [5.41, 5.74) is 1.15. The minimum atomic E-state index is -0.120. The van der Waals surface area contributed by atoms with Gasteiger partial charge in [-0.1, -0.05) is 23.2 Å². The molecule has 0 bridgehead atoms. The monoisotopic (exact) mass is 257 g/mol. The highest BCUT2D eigenvalue weighted by atomic mass is 35.5. The second-order valence-corrected chi connectivity index (χ2v) is 4.25. The first-order chi connectivity index (χ1) is 7.61. The largest absolute Gasteiger partial charge is 0.378 e. The first kappa shape index (κ1) is 11.5. The summed E-state index contributed by atoms with van der Waals surface area (Å²) in [5.74, 6) is 0. The van der Waals surface area contributed by atoms with E-state index in [1.54, 1.807) is 19.2 Å². The maximum absolute atomic E-state index is 11.8. The molecule has 84 valence electrons. The van der Waals surface area contributed by atoms with E-state index in [1.165, 1.54) is 6.07 Å². The van der Waals surface area contributed by atoms with Crippen molar-refractivity contribution in [3.8, 4) is 0 Å². The molecule has 0 aliphatic rings. The number of aromatic amines is 1. The van der Waals surface area contributed by atoms with Gasteiger partial charge in [0, 0.05) is 29.3 Å². The van der Waals surface area contributed by atoms with Crippen LogP contribution < -0.4 is 5.43 Å². The molecule has 0 saturated heterocycles. The molecule has 1 heterocycles. The van der Waals surface area contributed by atoms with E-state index in [2.05, 4.69) is 4.98 Å². The Kier molecular flexibility index (Phi) is 3.19. The summed E-state index contributed by atoms with van der Waals surface area (Å²) in [4.78, 5) is 14.8. The SMILES string of the molecule is COCc1cc(=O)c2cc(Cl)cc(Cl)c2[nH]1. The Morgan fingerprint density at radius 3 is 2.75 bits per heavy atom. The van der Waals surface area contributed by atoms with Crippen LogP contribution in [0.5, 0.6) is 0 Å². The van der Waals surface area contributed by atoms with Crippen LogP contribution in [0.25, 0.3) is 10.9 Å². The summed E-state index contributed by atoms with van der Waals surface area (Å²) in [6, 6.07) is 4.68. The highest BCUT2D eigenvalue weighted by molar-refractivity contribution is 6.38. The van der Waals surface area contributed by atoms with Gasteiger partial charge in [-0.2, -0.15) is 0 Å². The third-order valence-electron chi connectivity index (χ3n) is 2.21. The lowest BCUT2D eigenvalue weighted by molar-refractivity contribution is 0.181. The topological polar surface area (TPSA) is 42.1 Å². The van der Waals surface area contributed by atoms with Gasteiger partial charge in [0.2, 0.25) is 0 Å². The smallest absolute Gasteiger partial charge is 0.189 e. The molecule has 0 atom stereocenters. The second kappa shape index (κ2) is 4.45. The van der Waals surface area contributed by atoms with E-state index in [0.29, 0.717) is 33.2 Å². The van der Waals surface area contributed by atoms with E-state index in [4.69, 9.17) is 27.9 Å². The zero-order chi connectivity index (χ0) is 11.7. The average molecular weight is 258 g/mol. The number of hydrogen-bond donors (Lipinski definition) is 1. The number of rotatable bonds is 2. The van der Waals surface area contributed by atoms with E-state index >= 15 is 0 Å². The Labute approximate surface area is 102 Å². The number of aromatic nitrogens is 1. The fourth-order valence-electron chi connectivity index (χ4n) is 1.56. The van der Waals surface area contributed by atoms with E-state index in [0.717, 1.165) is 0 Å². The van der Waals surface area contributed by atoms with Crippen LogP contribution in [0.15, 0.2) is 23.0 Å². The Morgan fingerprint density at radius 2 is 2.06 bits per heavy atom. The Balaban J connectivity index is 2.77. The molecule has 0 unspecified atom stereocenters. The first-order valence-corrected chi connectivity index (χ1v) is 5.37. The minimum Gasteiger partial charge on any atom is -0.378 e. The van der Waals surface area contributed by atoms with Crippen LogP contribution in [-0.2, 0) is 11.3 Å². The quantitative estimate of drug-likeness (QED) is 0.899. The number of H-pyrrole nitrogens is 1. The number of halogens is 2. The average Bonchev–Trinajstić information content (AvgIpc) is 2.20. The fraction of sp³-hybridized carbons (Fsp3) is 0.182. The molecule has 2 rings (SSSR count). The van der Waals surface area contributed by atoms with E-state index in [9.17, 15) is 4.79 Å². The first-order valence-electron chi connectivity index (χ1n) is 4.61. The molecule has 0 spiro atoms. The normalized spacial score (nSPS) is 10.9. The van der Waals surface area contributed by atoms with Crippen LogP contribution in [-0.4, -0.2) is 12.1 Å². The Hall–Kier alpha value is -1.03. The molecule has 0 saturated carbocycles. The molecule has 3 nitrogen and oxygen atoms in total.